The average Bonchev–Trinajstić information content (AvgIpc) is 1.97. The highest BCUT2D eigenvalue weighted by Gasteiger charge is 2.40. The number of hydrogen-bond acceptors (Lipinski definition) is 4. The minimum absolute atomic E-state index is 0.0317. The molecule has 0 saturated heterocycles. The van der Waals surface area contributed by atoms with Crippen molar-refractivity contribution in [3.63, 3.8) is 0 Å². The number of nitro groups is 1. The highest BCUT2D eigenvalue weighted by molar-refractivity contribution is 6.24. The standard InChI is InChI=1S/C6H7ClN2O3/c7-6(9(11)12)2-1-5(10)4(8)3-6/h1-2,10H,3,8H2. The summed E-state index contributed by atoms with van der Waals surface area (Å²) in [6, 6.07) is 0. The van der Waals surface area contributed by atoms with Gasteiger partial charge in [-0.05, 0) is 17.7 Å². The van der Waals surface area contributed by atoms with Crippen molar-refractivity contribution in [3.05, 3.63) is 33.7 Å². The molecule has 66 valence electrons. The van der Waals surface area contributed by atoms with Gasteiger partial charge in [-0.3, -0.25) is 10.1 Å². The third-order valence-corrected chi connectivity index (χ3v) is 1.97. The van der Waals surface area contributed by atoms with E-state index < -0.39 is 9.92 Å². The lowest BCUT2D eigenvalue weighted by molar-refractivity contribution is -0.527. The molecule has 1 unspecified atom stereocenters. The highest BCUT2D eigenvalue weighted by atomic mass is 35.5. The predicted octanol–water partition coefficient (Wildman–Crippen LogP) is 0.886. The molecule has 1 aliphatic rings. The summed E-state index contributed by atoms with van der Waals surface area (Å²) in [6.45, 7) is 0. The fourth-order valence-corrected chi connectivity index (χ4v) is 1.06. The number of allylic oxidation sites excluding steroid dienone is 1. The minimum atomic E-state index is -1.70. The monoisotopic (exact) mass is 190 g/mol. The summed E-state index contributed by atoms with van der Waals surface area (Å²) in [7, 11) is 0. The molecule has 0 bridgehead atoms. The summed E-state index contributed by atoms with van der Waals surface area (Å²) in [5.41, 5.74) is 5.31. The van der Waals surface area contributed by atoms with Gasteiger partial charge in [-0.1, -0.05) is 0 Å². The molecule has 0 amide bonds. The Morgan fingerprint density at radius 3 is 2.83 bits per heavy atom. The third-order valence-electron chi connectivity index (χ3n) is 1.57. The van der Waals surface area contributed by atoms with Crippen LogP contribution in [0, 0.1) is 10.1 Å². The van der Waals surface area contributed by atoms with Crippen LogP contribution in [0.1, 0.15) is 6.42 Å². The van der Waals surface area contributed by atoms with Gasteiger partial charge in [-0.25, -0.2) is 0 Å². The molecule has 1 aliphatic carbocycles. The fraction of sp³-hybridized carbons (Fsp3) is 0.333. The Hall–Kier alpha value is -1.23. The summed E-state index contributed by atoms with van der Waals surface area (Å²) in [6.07, 6.45) is 2.07. The van der Waals surface area contributed by atoms with Crippen LogP contribution < -0.4 is 5.73 Å². The molecule has 12 heavy (non-hydrogen) atoms. The van der Waals surface area contributed by atoms with E-state index in [2.05, 4.69) is 0 Å². The lowest BCUT2D eigenvalue weighted by Crippen LogP contribution is -2.33. The summed E-state index contributed by atoms with van der Waals surface area (Å²) >= 11 is 5.56. The van der Waals surface area contributed by atoms with Gasteiger partial charge in [0.15, 0.2) is 0 Å². The zero-order valence-corrected chi connectivity index (χ0v) is 6.78. The van der Waals surface area contributed by atoms with E-state index in [9.17, 15) is 10.1 Å². The highest BCUT2D eigenvalue weighted by Crippen LogP contribution is 2.29. The van der Waals surface area contributed by atoms with Gasteiger partial charge in [-0.15, -0.1) is 0 Å². The number of alkyl halides is 1. The second-order valence-electron chi connectivity index (χ2n) is 2.50. The largest absolute Gasteiger partial charge is 0.506 e. The first-order valence-electron chi connectivity index (χ1n) is 3.16. The van der Waals surface area contributed by atoms with Crippen molar-refractivity contribution >= 4 is 11.6 Å². The first-order valence-corrected chi connectivity index (χ1v) is 3.54. The molecule has 0 radical (unpaired) electrons. The Morgan fingerprint density at radius 2 is 2.42 bits per heavy atom. The van der Waals surface area contributed by atoms with Crippen molar-refractivity contribution in [2.24, 2.45) is 5.73 Å². The molecule has 0 saturated carbocycles. The van der Waals surface area contributed by atoms with Crippen molar-refractivity contribution in [1.29, 1.82) is 0 Å². The van der Waals surface area contributed by atoms with Gasteiger partial charge in [0.2, 0.25) is 0 Å². The van der Waals surface area contributed by atoms with Crippen LogP contribution in [0.25, 0.3) is 0 Å². The van der Waals surface area contributed by atoms with Crippen LogP contribution in [0.15, 0.2) is 23.6 Å². The summed E-state index contributed by atoms with van der Waals surface area (Å²) in [5.74, 6) is -0.159. The van der Waals surface area contributed by atoms with Gasteiger partial charge < -0.3 is 10.8 Å². The SMILES string of the molecule is NC1=C(O)C=CC(Cl)([N+](=O)[O-])C1. The Kier molecular flexibility index (Phi) is 1.97. The maximum atomic E-state index is 10.4. The first kappa shape index (κ1) is 8.86. The number of aliphatic hydroxyl groups excluding tert-OH is 1. The van der Waals surface area contributed by atoms with Crippen molar-refractivity contribution in [3.8, 4) is 0 Å². The second-order valence-corrected chi connectivity index (χ2v) is 3.15. The van der Waals surface area contributed by atoms with Gasteiger partial charge in [0.25, 0.3) is 0 Å². The smallest absolute Gasteiger partial charge is 0.319 e. The van der Waals surface area contributed by atoms with E-state index in [0.717, 1.165) is 12.2 Å². The molecule has 0 heterocycles. The van der Waals surface area contributed by atoms with E-state index in [-0.39, 0.29) is 17.9 Å². The number of hydrogen-bond donors (Lipinski definition) is 2. The summed E-state index contributed by atoms with van der Waals surface area (Å²) in [5, 5.41) is 19.4. The van der Waals surface area contributed by atoms with Crippen LogP contribution >= 0.6 is 11.6 Å². The van der Waals surface area contributed by atoms with Crippen molar-refractivity contribution in [2.75, 3.05) is 0 Å². The van der Waals surface area contributed by atoms with E-state index in [1.165, 1.54) is 0 Å². The number of nitrogens with zero attached hydrogens (tertiary/aromatic N) is 1. The molecule has 5 nitrogen and oxygen atoms in total. The van der Waals surface area contributed by atoms with Crippen LogP contribution in [0.3, 0.4) is 0 Å². The Bertz CT molecular complexity index is 287. The number of nitrogens with two attached hydrogens (primary N) is 1. The first-order chi connectivity index (χ1) is 5.46. The van der Waals surface area contributed by atoms with E-state index in [0.29, 0.717) is 0 Å². The zero-order chi connectivity index (χ0) is 9.35. The van der Waals surface area contributed by atoms with Crippen LogP contribution in [-0.2, 0) is 0 Å². The molecule has 0 aliphatic heterocycles. The van der Waals surface area contributed by atoms with Crippen LogP contribution in [-0.4, -0.2) is 15.0 Å². The van der Waals surface area contributed by atoms with Crippen LogP contribution in [0.2, 0.25) is 0 Å². The van der Waals surface area contributed by atoms with Crippen LogP contribution in [0.5, 0.6) is 0 Å². The van der Waals surface area contributed by atoms with Crippen LogP contribution in [0.4, 0.5) is 0 Å². The van der Waals surface area contributed by atoms with Gasteiger partial charge in [0, 0.05) is 11.0 Å². The molecule has 0 aromatic carbocycles. The second kappa shape index (κ2) is 2.67. The Balaban J connectivity index is 2.94. The zero-order valence-electron chi connectivity index (χ0n) is 6.03. The van der Waals surface area contributed by atoms with Crippen molar-refractivity contribution < 1.29 is 10.0 Å². The normalized spacial score (nSPS) is 29.1. The van der Waals surface area contributed by atoms with E-state index in [1.54, 1.807) is 0 Å². The Morgan fingerprint density at radius 1 is 1.83 bits per heavy atom. The molecule has 0 fully saturated rings. The molecule has 6 heteroatoms. The average molecular weight is 191 g/mol. The van der Waals surface area contributed by atoms with Crippen molar-refractivity contribution in [1.82, 2.24) is 0 Å². The molecule has 0 spiro atoms. The van der Waals surface area contributed by atoms with Gasteiger partial charge in [0.05, 0.1) is 12.1 Å². The van der Waals surface area contributed by atoms with E-state index in [1.807, 2.05) is 0 Å². The third kappa shape index (κ3) is 1.35. The number of rotatable bonds is 1. The molecule has 0 aromatic heterocycles. The van der Waals surface area contributed by atoms with Crippen molar-refractivity contribution in [2.45, 2.75) is 11.4 Å². The minimum Gasteiger partial charge on any atom is -0.506 e. The lowest BCUT2D eigenvalue weighted by Gasteiger charge is -2.18. The van der Waals surface area contributed by atoms with E-state index >= 15 is 0 Å². The molecule has 1 rings (SSSR count). The molecule has 0 aromatic rings. The number of aliphatic hydroxyl groups is 1. The number of halogens is 1. The predicted molar refractivity (Wildman–Crippen MR) is 43.2 cm³/mol. The Labute approximate surface area is 73.3 Å². The maximum Gasteiger partial charge on any atom is 0.319 e. The fourth-order valence-electron chi connectivity index (χ4n) is 0.856. The summed E-state index contributed by atoms with van der Waals surface area (Å²) in [4.78, 5) is 8.04. The molecular formula is C6H7ClN2O3. The van der Waals surface area contributed by atoms with Gasteiger partial charge in [0.1, 0.15) is 5.76 Å². The molecule has 1 atom stereocenters. The molecule has 3 N–H and O–H groups in total. The van der Waals surface area contributed by atoms with E-state index in [4.69, 9.17) is 22.4 Å². The maximum absolute atomic E-state index is 10.4. The quantitative estimate of drug-likeness (QED) is 0.278. The summed E-state index contributed by atoms with van der Waals surface area (Å²) < 4.78 is 0. The van der Waals surface area contributed by atoms with Gasteiger partial charge in [-0.2, -0.15) is 0 Å². The molecular weight excluding hydrogens is 184 g/mol. The van der Waals surface area contributed by atoms with Gasteiger partial charge >= 0.3 is 5.00 Å². The lowest BCUT2D eigenvalue weighted by atomic mass is 10.1. The topological polar surface area (TPSA) is 89.4 Å².